The molecular weight excluding hydrogens is 458 g/mol. The molecule has 1 amide bonds. The minimum absolute atomic E-state index is 0.0293. The lowest BCUT2D eigenvalue weighted by Gasteiger charge is -2.38. The van der Waals surface area contributed by atoms with Gasteiger partial charge in [-0.25, -0.2) is 0 Å². The third-order valence-corrected chi connectivity index (χ3v) is 5.85. The Balaban J connectivity index is 1.75. The maximum absolute atomic E-state index is 12.8. The van der Waals surface area contributed by atoms with E-state index in [1.807, 2.05) is 4.90 Å². The summed E-state index contributed by atoms with van der Waals surface area (Å²) in [5.74, 6) is -0.376. The molecule has 0 aliphatic carbocycles. The first-order valence-corrected chi connectivity index (χ1v) is 11.5. The van der Waals surface area contributed by atoms with Crippen molar-refractivity contribution in [1.29, 1.82) is 0 Å². The first-order valence-electron chi connectivity index (χ1n) is 11.5. The predicted molar refractivity (Wildman–Crippen MR) is 126 cm³/mol. The Morgan fingerprint density at radius 1 is 1.03 bits per heavy atom. The minimum Gasteiger partial charge on any atom is -0.464 e. The standard InChI is InChI=1S/C19H31N13O3/c20-27-24-6-12-30(13-7-25-28-21)16-3-9-31(10-4-16)18(33)2-1-17-23-5-11-32(17)15-19(34)35-14-8-26-29-22/h5,11,16-17,23H,1-4,6-10,12-15H2. The van der Waals surface area contributed by atoms with Gasteiger partial charge in [0.1, 0.15) is 6.54 Å². The van der Waals surface area contributed by atoms with Crippen molar-refractivity contribution in [3.8, 4) is 0 Å². The number of likely N-dealkylation sites (tertiary alicyclic amines) is 1. The van der Waals surface area contributed by atoms with E-state index in [-0.39, 0.29) is 37.8 Å². The third-order valence-electron chi connectivity index (χ3n) is 5.85. The molecule has 1 atom stereocenters. The quantitative estimate of drug-likeness (QED) is 0.120. The summed E-state index contributed by atoms with van der Waals surface area (Å²) in [7, 11) is 0. The largest absolute Gasteiger partial charge is 0.464 e. The van der Waals surface area contributed by atoms with Crippen molar-refractivity contribution >= 4 is 11.9 Å². The van der Waals surface area contributed by atoms with E-state index >= 15 is 0 Å². The third kappa shape index (κ3) is 9.90. The molecule has 2 rings (SSSR count). The molecule has 2 aliphatic rings. The van der Waals surface area contributed by atoms with Gasteiger partial charge in [0.15, 0.2) is 0 Å². The van der Waals surface area contributed by atoms with E-state index < -0.39 is 5.97 Å². The summed E-state index contributed by atoms with van der Waals surface area (Å²) in [5.41, 5.74) is 25.3. The van der Waals surface area contributed by atoms with Crippen LogP contribution >= 0.6 is 0 Å². The Morgan fingerprint density at radius 2 is 1.66 bits per heavy atom. The highest BCUT2D eigenvalue weighted by Crippen LogP contribution is 2.19. The fraction of sp³-hybridized carbons (Fsp3) is 0.789. The van der Waals surface area contributed by atoms with Gasteiger partial charge < -0.3 is 19.9 Å². The van der Waals surface area contributed by atoms with Crippen LogP contribution in [0.1, 0.15) is 25.7 Å². The number of hydrogen-bond acceptors (Lipinski definition) is 9. The monoisotopic (exact) mass is 489 g/mol. The molecule has 16 heteroatoms. The van der Waals surface area contributed by atoms with E-state index in [9.17, 15) is 9.59 Å². The lowest BCUT2D eigenvalue weighted by Crippen LogP contribution is -2.48. The van der Waals surface area contributed by atoms with Crippen molar-refractivity contribution in [3.63, 3.8) is 0 Å². The van der Waals surface area contributed by atoms with Gasteiger partial charge in [0.05, 0.1) is 19.3 Å². The maximum Gasteiger partial charge on any atom is 0.325 e. The number of carbonyl (C=O) groups excluding carboxylic acids is 2. The Bertz CT molecular complexity index is 847. The van der Waals surface area contributed by atoms with Gasteiger partial charge in [-0.1, -0.05) is 15.3 Å². The van der Waals surface area contributed by atoms with Crippen molar-refractivity contribution < 1.29 is 14.3 Å². The second-order valence-electron chi connectivity index (χ2n) is 7.94. The van der Waals surface area contributed by atoms with Crippen LogP contribution in [-0.4, -0.2) is 97.7 Å². The molecule has 35 heavy (non-hydrogen) atoms. The van der Waals surface area contributed by atoms with E-state index in [2.05, 4.69) is 40.3 Å². The molecule has 2 aliphatic heterocycles. The van der Waals surface area contributed by atoms with Crippen LogP contribution < -0.4 is 5.32 Å². The number of rotatable bonds is 15. The van der Waals surface area contributed by atoms with Gasteiger partial charge in [-0.3, -0.25) is 14.5 Å². The normalized spacial score (nSPS) is 17.2. The average Bonchev–Trinajstić information content (AvgIpc) is 3.31. The van der Waals surface area contributed by atoms with Gasteiger partial charge in [0, 0.05) is 78.9 Å². The first-order chi connectivity index (χ1) is 17.1. The number of esters is 1. The van der Waals surface area contributed by atoms with Gasteiger partial charge in [0.2, 0.25) is 5.91 Å². The first kappa shape index (κ1) is 27.4. The predicted octanol–water partition coefficient (Wildman–Crippen LogP) is 2.24. The molecule has 0 aromatic carbocycles. The summed E-state index contributed by atoms with van der Waals surface area (Å²) < 4.78 is 5.03. The molecule has 0 bridgehead atoms. The van der Waals surface area contributed by atoms with Crippen molar-refractivity contribution in [2.75, 3.05) is 59.0 Å². The number of ether oxygens (including phenoxy) is 1. The van der Waals surface area contributed by atoms with E-state index in [0.29, 0.717) is 52.1 Å². The average molecular weight is 490 g/mol. The Kier molecular flexibility index (Phi) is 12.5. The van der Waals surface area contributed by atoms with E-state index in [4.69, 9.17) is 21.3 Å². The Morgan fingerprint density at radius 3 is 2.29 bits per heavy atom. The van der Waals surface area contributed by atoms with Crippen molar-refractivity contribution in [2.24, 2.45) is 15.3 Å². The number of piperidine rings is 1. The van der Waals surface area contributed by atoms with E-state index in [1.165, 1.54) is 0 Å². The fourth-order valence-corrected chi connectivity index (χ4v) is 4.11. The molecule has 190 valence electrons. The molecule has 1 unspecified atom stereocenters. The molecule has 0 aromatic rings. The van der Waals surface area contributed by atoms with Crippen molar-refractivity contribution in [3.05, 3.63) is 43.7 Å². The molecule has 16 nitrogen and oxygen atoms in total. The number of nitrogens with zero attached hydrogens (tertiary/aromatic N) is 12. The zero-order chi connectivity index (χ0) is 25.3. The highest BCUT2D eigenvalue weighted by Gasteiger charge is 2.28. The summed E-state index contributed by atoms with van der Waals surface area (Å²) in [6, 6.07) is 0.225. The van der Waals surface area contributed by atoms with Crippen LogP contribution in [0.25, 0.3) is 31.3 Å². The number of hydrogen-bond donors (Lipinski definition) is 1. The highest BCUT2D eigenvalue weighted by atomic mass is 16.5. The minimum atomic E-state index is -0.435. The second-order valence-corrected chi connectivity index (χ2v) is 7.94. The van der Waals surface area contributed by atoms with Gasteiger partial charge in [-0.05, 0) is 35.9 Å². The highest BCUT2D eigenvalue weighted by molar-refractivity contribution is 5.76. The number of nitrogens with one attached hydrogen (secondary N) is 1. The van der Waals surface area contributed by atoms with Crippen LogP contribution in [0.2, 0.25) is 0 Å². The summed E-state index contributed by atoms with van der Waals surface area (Å²) >= 11 is 0. The molecular formula is C19H31N13O3. The summed E-state index contributed by atoms with van der Waals surface area (Å²) in [6.45, 7) is 3.23. The smallest absolute Gasteiger partial charge is 0.325 e. The number of azide groups is 3. The van der Waals surface area contributed by atoms with Crippen LogP contribution in [0.5, 0.6) is 0 Å². The molecule has 0 spiro atoms. The van der Waals surface area contributed by atoms with Crippen molar-refractivity contribution in [2.45, 2.75) is 37.9 Å². The lowest BCUT2D eigenvalue weighted by atomic mass is 10.0. The maximum atomic E-state index is 12.8. The molecule has 1 fully saturated rings. The Labute approximate surface area is 202 Å². The van der Waals surface area contributed by atoms with Gasteiger partial charge in [-0.2, -0.15) is 0 Å². The van der Waals surface area contributed by atoms with Crippen LogP contribution in [0.3, 0.4) is 0 Å². The van der Waals surface area contributed by atoms with E-state index in [0.717, 1.165) is 12.8 Å². The molecule has 1 saturated heterocycles. The Hall–Kier alpha value is -3.83. The molecule has 0 saturated carbocycles. The van der Waals surface area contributed by atoms with Gasteiger partial charge >= 0.3 is 5.97 Å². The lowest BCUT2D eigenvalue weighted by molar-refractivity contribution is -0.144. The summed E-state index contributed by atoms with van der Waals surface area (Å²) in [5, 5.41) is 13.6. The summed E-state index contributed by atoms with van der Waals surface area (Å²) in [4.78, 5) is 38.7. The van der Waals surface area contributed by atoms with Gasteiger partial charge in [-0.15, -0.1) is 0 Å². The number of amides is 1. The SMILES string of the molecule is [N-]=[N+]=NCCOC(=O)CN1C=CNC1CCC(=O)N1CCC(N(CCN=[N+]=[N-])CCN=[N+]=[N-])CC1. The topological polar surface area (TPSA) is 211 Å². The van der Waals surface area contributed by atoms with Crippen molar-refractivity contribution in [1.82, 2.24) is 20.0 Å². The van der Waals surface area contributed by atoms with Crippen LogP contribution in [0, 0.1) is 0 Å². The molecule has 0 radical (unpaired) electrons. The van der Waals surface area contributed by atoms with Crippen LogP contribution in [-0.2, 0) is 14.3 Å². The van der Waals surface area contributed by atoms with Gasteiger partial charge in [0.25, 0.3) is 0 Å². The van der Waals surface area contributed by atoms with E-state index in [1.54, 1.807) is 17.3 Å². The number of carbonyl (C=O) groups is 2. The fourth-order valence-electron chi connectivity index (χ4n) is 4.11. The van der Waals surface area contributed by atoms with Crippen LogP contribution in [0.4, 0.5) is 0 Å². The zero-order valence-electron chi connectivity index (χ0n) is 19.6. The molecule has 0 aromatic heterocycles. The zero-order valence-corrected chi connectivity index (χ0v) is 19.6. The second kappa shape index (κ2) is 15.9. The molecule has 1 N–H and O–H groups in total. The molecule has 2 heterocycles. The summed E-state index contributed by atoms with van der Waals surface area (Å²) in [6.07, 6.45) is 5.74. The van der Waals surface area contributed by atoms with Crippen LogP contribution in [0.15, 0.2) is 27.7 Å².